The average Bonchev–Trinajstić information content (AvgIpc) is 3.76. The second-order valence-corrected chi connectivity index (χ2v) is 14.6. The Bertz CT molecular complexity index is 1630. The summed E-state index contributed by atoms with van der Waals surface area (Å²) in [5.74, 6) is -0.666. The number of hydrogen-bond acceptors (Lipinski definition) is 7. The monoisotopic (exact) mass is 702 g/mol. The van der Waals surface area contributed by atoms with Gasteiger partial charge in [-0.1, -0.05) is 61.4 Å². The second-order valence-electron chi connectivity index (χ2n) is 14.6. The lowest BCUT2D eigenvalue weighted by Crippen LogP contribution is -2.50. The zero-order valence-corrected chi connectivity index (χ0v) is 30.6. The third-order valence-electron chi connectivity index (χ3n) is 9.59. The van der Waals surface area contributed by atoms with Gasteiger partial charge < -0.3 is 19.4 Å². The highest BCUT2D eigenvalue weighted by Crippen LogP contribution is 2.38. The van der Waals surface area contributed by atoms with E-state index in [-0.39, 0.29) is 24.5 Å². The number of para-hydroxylation sites is 1. The summed E-state index contributed by atoms with van der Waals surface area (Å²) in [7, 11) is 0. The fourth-order valence-corrected chi connectivity index (χ4v) is 7.18. The molecule has 3 amide bonds. The molecule has 2 aromatic carbocycles. The summed E-state index contributed by atoms with van der Waals surface area (Å²) in [6.07, 6.45) is 7.10. The normalized spacial score (nSPS) is 16.8. The molecule has 1 fully saturated rings. The minimum Gasteiger partial charge on any atom is -0.461 e. The van der Waals surface area contributed by atoms with E-state index >= 15 is 0 Å². The molecule has 1 unspecified atom stereocenters. The number of carbonyl (C=O) groups excluding carboxylic acids is 4. The average molecular weight is 703 g/mol. The fourth-order valence-electron chi connectivity index (χ4n) is 7.18. The molecule has 0 bridgehead atoms. The van der Waals surface area contributed by atoms with E-state index in [0.717, 1.165) is 60.7 Å². The van der Waals surface area contributed by atoms with Crippen LogP contribution in [-0.2, 0) is 35.1 Å². The number of nitrogens with one attached hydrogen (secondary N) is 2. The molecule has 2 heterocycles. The molecule has 2 N–H and O–H groups in total. The number of hydrogen-bond donors (Lipinski definition) is 2. The number of nitrogens with zero attached hydrogens (tertiary/aromatic N) is 2. The van der Waals surface area contributed by atoms with Crippen LogP contribution in [0.1, 0.15) is 121 Å². The molecule has 2 atom stereocenters. The van der Waals surface area contributed by atoms with Gasteiger partial charge in [-0.15, -0.1) is 0 Å². The van der Waals surface area contributed by atoms with Crippen molar-refractivity contribution >= 4 is 34.8 Å². The van der Waals surface area contributed by atoms with E-state index in [4.69, 9.17) is 14.3 Å². The lowest BCUT2D eigenvalue weighted by atomic mass is 9.95. The Hall–Kier alpha value is -4.38. The SMILES string of the molecule is CCONC(=O)CCCCCCC(=O)N1CCc2c([nH]c3ccccc23)C1CN(C(=O)OC(C)(C)C)[C@H](C(=O)OC1CCCC1)c1ccccc1. The number of amides is 3. The van der Waals surface area contributed by atoms with Crippen LogP contribution in [0.2, 0.25) is 0 Å². The van der Waals surface area contributed by atoms with Gasteiger partial charge >= 0.3 is 12.1 Å². The Labute approximate surface area is 301 Å². The summed E-state index contributed by atoms with van der Waals surface area (Å²) in [4.78, 5) is 66.3. The van der Waals surface area contributed by atoms with Crippen LogP contribution in [0.25, 0.3) is 10.9 Å². The molecular formula is C40H54N4O7. The molecule has 11 nitrogen and oxygen atoms in total. The quantitative estimate of drug-likeness (QED) is 0.0955. The third-order valence-corrected chi connectivity index (χ3v) is 9.59. The van der Waals surface area contributed by atoms with Gasteiger partial charge in [-0.2, -0.15) is 0 Å². The summed E-state index contributed by atoms with van der Waals surface area (Å²) < 4.78 is 12.1. The maximum absolute atomic E-state index is 14.3. The predicted octanol–water partition coefficient (Wildman–Crippen LogP) is 7.47. The van der Waals surface area contributed by atoms with Gasteiger partial charge in [0, 0.05) is 36.0 Å². The van der Waals surface area contributed by atoms with Gasteiger partial charge in [-0.05, 0) is 89.8 Å². The first-order chi connectivity index (χ1) is 24.6. The maximum Gasteiger partial charge on any atom is 0.411 e. The lowest BCUT2D eigenvalue weighted by Gasteiger charge is -2.41. The van der Waals surface area contributed by atoms with Crippen LogP contribution >= 0.6 is 0 Å². The molecule has 0 saturated heterocycles. The van der Waals surface area contributed by atoms with Gasteiger partial charge in [-0.25, -0.2) is 15.1 Å². The summed E-state index contributed by atoms with van der Waals surface area (Å²) in [5.41, 5.74) is 5.13. The number of benzene rings is 2. The predicted molar refractivity (Wildman–Crippen MR) is 194 cm³/mol. The summed E-state index contributed by atoms with van der Waals surface area (Å²) in [6, 6.07) is 15.6. The molecule has 276 valence electrons. The summed E-state index contributed by atoms with van der Waals surface area (Å²) in [6.45, 7) is 8.12. The largest absolute Gasteiger partial charge is 0.461 e. The number of unbranched alkanes of at least 4 members (excludes halogenated alkanes) is 3. The number of aromatic nitrogens is 1. The molecule has 11 heteroatoms. The Morgan fingerprint density at radius 1 is 0.941 bits per heavy atom. The maximum atomic E-state index is 14.3. The first kappa shape index (κ1) is 37.9. The Kier molecular flexibility index (Phi) is 13.1. The van der Waals surface area contributed by atoms with E-state index in [1.165, 1.54) is 4.90 Å². The van der Waals surface area contributed by atoms with E-state index in [1.54, 1.807) is 20.8 Å². The first-order valence-electron chi connectivity index (χ1n) is 18.6. The number of H-pyrrole nitrogens is 1. The van der Waals surface area contributed by atoms with Crippen molar-refractivity contribution in [2.75, 3.05) is 19.7 Å². The number of ether oxygens (including phenoxy) is 2. The summed E-state index contributed by atoms with van der Waals surface area (Å²) in [5, 5.41) is 1.09. The van der Waals surface area contributed by atoms with Crippen LogP contribution in [0.4, 0.5) is 4.79 Å². The van der Waals surface area contributed by atoms with Crippen molar-refractivity contribution in [3.63, 3.8) is 0 Å². The van der Waals surface area contributed by atoms with Crippen molar-refractivity contribution in [1.29, 1.82) is 0 Å². The molecule has 0 spiro atoms. The standard InChI is InChI=1S/C40H54N4O7/c1-5-49-42-34(45)23-11-6-7-12-24-35(46)43-26-25-31-30-21-15-16-22-32(30)41-36(31)33(43)27-44(39(48)51-40(2,3)4)37(28-17-9-8-10-18-28)38(47)50-29-19-13-14-20-29/h8-10,15-18,21-22,29,33,37,41H,5-7,11-14,19-20,23-27H2,1-4H3,(H,42,45)/t33?,37-/m0/s1. The van der Waals surface area contributed by atoms with Gasteiger partial charge in [0.15, 0.2) is 6.04 Å². The van der Waals surface area contributed by atoms with Crippen LogP contribution in [0.5, 0.6) is 0 Å². The molecule has 2 aliphatic rings. The minimum atomic E-state index is -1.08. The Balaban J connectivity index is 1.43. The first-order valence-corrected chi connectivity index (χ1v) is 18.6. The van der Waals surface area contributed by atoms with E-state index in [9.17, 15) is 19.2 Å². The third kappa shape index (κ3) is 10.1. The molecule has 1 saturated carbocycles. The second kappa shape index (κ2) is 17.7. The molecule has 3 aromatic rings. The van der Waals surface area contributed by atoms with Crippen LogP contribution in [0.3, 0.4) is 0 Å². The number of esters is 1. The number of fused-ring (bicyclic) bond motifs is 3. The zero-order chi connectivity index (χ0) is 36.4. The molecular weight excluding hydrogens is 648 g/mol. The highest BCUT2D eigenvalue weighted by Gasteiger charge is 2.42. The summed E-state index contributed by atoms with van der Waals surface area (Å²) >= 11 is 0. The van der Waals surface area contributed by atoms with Gasteiger partial charge in [0.05, 0.1) is 19.2 Å². The molecule has 51 heavy (non-hydrogen) atoms. The van der Waals surface area contributed by atoms with E-state index < -0.39 is 29.7 Å². The van der Waals surface area contributed by atoms with E-state index in [0.29, 0.717) is 50.8 Å². The van der Waals surface area contributed by atoms with E-state index in [1.807, 2.05) is 60.4 Å². The number of rotatable bonds is 15. The van der Waals surface area contributed by atoms with Crippen molar-refractivity contribution < 1.29 is 33.5 Å². The highest BCUT2D eigenvalue weighted by molar-refractivity contribution is 5.87. The smallest absolute Gasteiger partial charge is 0.411 e. The fraction of sp³-hybridized carbons (Fsp3) is 0.550. The molecule has 0 radical (unpaired) electrons. The molecule has 5 rings (SSSR count). The molecule has 1 aromatic heterocycles. The highest BCUT2D eigenvalue weighted by atomic mass is 16.6. The van der Waals surface area contributed by atoms with Gasteiger partial charge in [0.25, 0.3) is 0 Å². The molecule has 1 aliphatic heterocycles. The van der Waals surface area contributed by atoms with Crippen molar-refractivity contribution in [3.05, 3.63) is 71.4 Å². The van der Waals surface area contributed by atoms with Crippen molar-refractivity contribution in [3.8, 4) is 0 Å². The number of aromatic amines is 1. The topological polar surface area (TPSA) is 130 Å². The van der Waals surface area contributed by atoms with Gasteiger partial charge in [0.2, 0.25) is 11.8 Å². The van der Waals surface area contributed by atoms with Crippen LogP contribution in [0, 0.1) is 0 Å². The lowest BCUT2D eigenvalue weighted by molar-refractivity contribution is -0.156. The van der Waals surface area contributed by atoms with Crippen molar-refractivity contribution in [2.45, 2.75) is 122 Å². The van der Waals surface area contributed by atoms with Crippen LogP contribution in [0.15, 0.2) is 54.6 Å². The van der Waals surface area contributed by atoms with Crippen molar-refractivity contribution in [1.82, 2.24) is 20.3 Å². The van der Waals surface area contributed by atoms with E-state index in [2.05, 4.69) is 16.5 Å². The minimum absolute atomic E-state index is 0.0210. The Morgan fingerprint density at radius 3 is 2.33 bits per heavy atom. The molecule has 1 aliphatic carbocycles. The van der Waals surface area contributed by atoms with Crippen LogP contribution in [-0.4, -0.2) is 70.1 Å². The zero-order valence-electron chi connectivity index (χ0n) is 30.6. The number of carbonyl (C=O) groups is 4. The number of hydroxylamine groups is 1. The van der Waals surface area contributed by atoms with Crippen LogP contribution < -0.4 is 5.48 Å². The Morgan fingerprint density at radius 2 is 1.63 bits per heavy atom. The van der Waals surface area contributed by atoms with Gasteiger partial charge in [0.1, 0.15) is 11.7 Å². The van der Waals surface area contributed by atoms with Gasteiger partial charge in [-0.3, -0.25) is 19.3 Å². The van der Waals surface area contributed by atoms with Crippen molar-refractivity contribution in [2.24, 2.45) is 0 Å².